The second-order valence-corrected chi connectivity index (χ2v) is 7.20. The van der Waals surface area contributed by atoms with Crippen LogP contribution in [0.15, 0.2) is 65.6 Å². The van der Waals surface area contributed by atoms with E-state index in [1.807, 2.05) is 30.3 Å². The van der Waals surface area contributed by atoms with Gasteiger partial charge in [-0.1, -0.05) is 30.3 Å². The zero-order valence-electron chi connectivity index (χ0n) is 13.6. The molecule has 0 atom stereocenters. The van der Waals surface area contributed by atoms with Crippen molar-refractivity contribution in [1.29, 1.82) is 0 Å². The quantitative estimate of drug-likeness (QED) is 0.670. The second kappa shape index (κ2) is 7.59. The van der Waals surface area contributed by atoms with Crippen molar-refractivity contribution in [3.63, 3.8) is 0 Å². The highest BCUT2D eigenvalue weighted by Crippen LogP contribution is 2.12. The minimum atomic E-state index is -4.00. The van der Waals surface area contributed by atoms with Crippen LogP contribution >= 0.6 is 0 Å². The van der Waals surface area contributed by atoms with E-state index >= 15 is 0 Å². The van der Waals surface area contributed by atoms with Crippen LogP contribution < -0.4 is 4.72 Å². The Morgan fingerprint density at radius 3 is 2.69 bits per heavy atom. The summed E-state index contributed by atoms with van der Waals surface area (Å²) in [4.78, 5) is 15.9. The predicted octanol–water partition coefficient (Wildman–Crippen LogP) is 2.40. The number of para-hydroxylation sites is 1. The molecule has 0 amide bonds. The summed E-state index contributed by atoms with van der Waals surface area (Å²) in [6, 6.07) is 15.6. The second-order valence-electron chi connectivity index (χ2n) is 5.44. The van der Waals surface area contributed by atoms with E-state index in [0.717, 1.165) is 23.0 Å². The molecule has 0 unspecified atom stereocenters. The van der Waals surface area contributed by atoms with E-state index in [-0.39, 0.29) is 11.5 Å². The SMILES string of the molecule is O=C(CNS(=O)(=O)c1cccc(F)c1)OCc1ccc2ccccc2n1. The normalized spacial score (nSPS) is 11.4. The largest absolute Gasteiger partial charge is 0.458 e. The van der Waals surface area contributed by atoms with Crippen LogP contribution in [-0.4, -0.2) is 25.9 Å². The van der Waals surface area contributed by atoms with E-state index in [1.54, 1.807) is 6.07 Å². The first-order chi connectivity index (χ1) is 12.4. The van der Waals surface area contributed by atoms with Crippen LogP contribution in [0, 0.1) is 5.82 Å². The molecule has 8 heteroatoms. The van der Waals surface area contributed by atoms with Crippen molar-refractivity contribution in [2.45, 2.75) is 11.5 Å². The number of nitrogens with zero attached hydrogens (tertiary/aromatic N) is 1. The topological polar surface area (TPSA) is 85.4 Å². The number of carbonyl (C=O) groups is 1. The van der Waals surface area contributed by atoms with Crippen molar-refractivity contribution >= 4 is 26.9 Å². The molecule has 1 N–H and O–H groups in total. The zero-order valence-corrected chi connectivity index (χ0v) is 14.4. The van der Waals surface area contributed by atoms with Crippen LogP contribution in [0.4, 0.5) is 4.39 Å². The first-order valence-electron chi connectivity index (χ1n) is 7.69. The molecule has 3 rings (SSSR count). The first kappa shape index (κ1) is 18.0. The number of nitrogens with one attached hydrogen (secondary N) is 1. The van der Waals surface area contributed by atoms with Gasteiger partial charge in [0, 0.05) is 5.39 Å². The molecule has 134 valence electrons. The van der Waals surface area contributed by atoms with Crippen molar-refractivity contribution in [3.05, 3.63) is 72.2 Å². The molecule has 0 aliphatic heterocycles. The van der Waals surface area contributed by atoms with Gasteiger partial charge in [0.1, 0.15) is 19.0 Å². The van der Waals surface area contributed by atoms with Gasteiger partial charge in [0.2, 0.25) is 10.0 Å². The van der Waals surface area contributed by atoms with Gasteiger partial charge in [-0.05, 0) is 30.3 Å². The molecule has 0 radical (unpaired) electrons. The molecule has 2 aromatic carbocycles. The maximum atomic E-state index is 13.1. The standard InChI is InChI=1S/C18H15FN2O4S/c19-14-5-3-6-16(10-14)26(23,24)20-11-18(22)25-12-15-9-8-13-4-1-2-7-17(13)21-15/h1-10,20H,11-12H2. The van der Waals surface area contributed by atoms with Crippen molar-refractivity contribution < 1.29 is 22.3 Å². The number of aromatic nitrogens is 1. The lowest BCUT2D eigenvalue weighted by Gasteiger charge is -2.08. The van der Waals surface area contributed by atoms with E-state index in [2.05, 4.69) is 9.71 Å². The zero-order chi connectivity index (χ0) is 18.6. The van der Waals surface area contributed by atoms with E-state index < -0.39 is 28.4 Å². The summed E-state index contributed by atoms with van der Waals surface area (Å²) in [6.07, 6.45) is 0. The molecular formula is C18H15FN2O4S. The van der Waals surface area contributed by atoms with Crippen LogP contribution in [0.5, 0.6) is 0 Å². The fraction of sp³-hybridized carbons (Fsp3) is 0.111. The number of fused-ring (bicyclic) bond motifs is 1. The van der Waals surface area contributed by atoms with Crippen LogP contribution in [0.1, 0.15) is 5.69 Å². The lowest BCUT2D eigenvalue weighted by molar-refractivity contribution is -0.143. The molecule has 0 aliphatic carbocycles. The summed E-state index contributed by atoms with van der Waals surface area (Å²) in [5.74, 6) is -1.45. The minimum Gasteiger partial charge on any atom is -0.458 e. The van der Waals surface area contributed by atoms with Gasteiger partial charge in [0.05, 0.1) is 16.1 Å². The summed E-state index contributed by atoms with van der Waals surface area (Å²) in [5, 5.41) is 0.963. The Morgan fingerprint density at radius 1 is 1.08 bits per heavy atom. The summed E-state index contributed by atoms with van der Waals surface area (Å²) in [6.45, 7) is -0.641. The van der Waals surface area contributed by atoms with Crippen molar-refractivity contribution in [2.24, 2.45) is 0 Å². The Morgan fingerprint density at radius 2 is 1.88 bits per heavy atom. The summed E-state index contributed by atoms with van der Waals surface area (Å²) < 4.78 is 44.3. The molecule has 1 heterocycles. The number of sulfonamides is 1. The Bertz CT molecular complexity index is 1050. The number of pyridine rings is 1. The van der Waals surface area contributed by atoms with E-state index in [4.69, 9.17) is 4.74 Å². The molecule has 0 saturated carbocycles. The third kappa shape index (κ3) is 4.41. The molecule has 0 aliphatic rings. The Kier molecular flexibility index (Phi) is 5.24. The molecule has 0 spiro atoms. The van der Waals surface area contributed by atoms with Crippen LogP contribution in [0.3, 0.4) is 0 Å². The number of esters is 1. The van der Waals surface area contributed by atoms with Crippen LogP contribution in [0.25, 0.3) is 10.9 Å². The highest BCUT2D eigenvalue weighted by Gasteiger charge is 2.16. The lowest BCUT2D eigenvalue weighted by atomic mass is 10.2. The Labute approximate surface area is 149 Å². The number of hydrogen-bond acceptors (Lipinski definition) is 5. The molecule has 6 nitrogen and oxygen atoms in total. The minimum absolute atomic E-state index is 0.0780. The van der Waals surface area contributed by atoms with E-state index in [9.17, 15) is 17.6 Å². The van der Waals surface area contributed by atoms with Gasteiger partial charge in [-0.2, -0.15) is 4.72 Å². The maximum Gasteiger partial charge on any atom is 0.321 e. The number of carbonyl (C=O) groups excluding carboxylic acids is 1. The van der Waals surface area contributed by atoms with Gasteiger partial charge in [-0.25, -0.2) is 17.8 Å². The molecule has 3 aromatic rings. The number of ether oxygens (including phenoxy) is 1. The van der Waals surface area contributed by atoms with Crippen LogP contribution in [-0.2, 0) is 26.2 Å². The average molecular weight is 374 g/mol. The molecule has 1 aromatic heterocycles. The fourth-order valence-corrected chi connectivity index (χ4v) is 3.27. The molecular weight excluding hydrogens is 359 g/mol. The highest BCUT2D eigenvalue weighted by molar-refractivity contribution is 7.89. The molecule has 0 bridgehead atoms. The van der Waals surface area contributed by atoms with Gasteiger partial charge in [-0.15, -0.1) is 0 Å². The molecule has 0 fully saturated rings. The van der Waals surface area contributed by atoms with Gasteiger partial charge < -0.3 is 4.74 Å². The fourth-order valence-electron chi connectivity index (χ4n) is 2.27. The van der Waals surface area contributed by atoms with E-state index in [1.165, 1.54) is 12.1 Å². The van der Waals surface area contributed by atoms with Crippen molar-refractivity contribution in [2.75, 3.05) is 6.54 Å². The molecule has 26 heavy (non-hydrogen) atoms. The Balaban J connectivity index is 1.56. The monoisotopic (exact) mass is 374 g/mol. The van der Waals surface area contributed by atoms with Crippen molar-refractivity contribution in [1.82, 2.24) is 9.71 Å². The third-order valence-corrected chi connectivity index (χ3v) is 4.95. The number of halogens is 1. The molecule has 0 saturated heterocycles. The number of hydrogen-bond donors (Lipinski definition) is 1. The Hall–Kier alpha value is -2.84. The van der Waals surface area contributed by atoms with Crippen molar-refractivity contribution in [3.8, 4) is 0 Å². The highest BCUT2D eigenvalue weighted by atomic mass is 32.2. The maximum absolute atomic E-state index is 13.1. The van der Waals surface area contributed by atoms with Gasteiger partial charge in [0.15, 0.2) is 0 Å². The summed E-state index contributed by atoms with van der Waals surface area (Å²) in [7, 11) is -4.00. The van der Waals surface area contributed by atoms with Gasteiger partial charge >= 0.3 is 5.97 Å². The number of benzene rings is 2. The van der Waals surface area contributed by atoms with Gasteiger partial charge in [0.25, 0.3) is 0 Å². The van der Waals surface area contributed by atoms with Crippen LogP contribution in [0.2, 0.25) is 0 Å². The average Bonchev–Trinajstić information content (AvgIpc) is 2.64. The third-order valence-electron chi connectivity index (χ3n) is 3.55. The predicted molar refractivity (Wildman–Crippen MR) is 93.1 cm³/mol. The summed E-state index contributed by atoms with van der Waals surface area (Å²) >= 11 is 0. The first-order valence-corrected chi connectivity index (χ1v) is 9.18. The van der Waals surface area contributed by atoms with E-state index in [0.29, 0.717) is 5.69 Å². The summed E-state index contributed by atoms with van der Waals surface area (Å²) in [5.41, 5.74) is 1.32. The number of rotatable bonds is 6. The van der Waals surface area contributed by atoms with Gasteiger partial charge in [-0.3, -0.25) is 4.79 Å². The smallest absolute Gasteiger partial charge is 0.321 e. The lowest BCUT2D eigenvalue weighted by Crippen LogP contribution is -2.30.